The Balaban J connectivity index is 2.15. The van der Waals surface area contributed by atoms with Crippen LogP contribution in [0, 0.1) is 6.92 Å². The lowest BCUT2D eigenvalue weighted by Gasteiger charge is -2.20. The summed E-state index contributed by atoms with van der Waals surface area (Å²) in [5.41, 5.74) is 2.02. The Morgan fingerprint density at radius 2 is 2.28 bits per heavy atom. The number of hydrogen-bond acceptors (Lipinski definition) is 4. The lowest BCUT2D eigenvalue weighted by molar-refractivity contribution is -0.118. The molecular formula is C12H15N5O. The maximum atomic E-state index is 12.2. The molecule has 18 heavy (non-hydrogen) atoms. The van der Waals surface area contributed by atoms with Crippen LogP contribution in [0.4, 0.5) is 5.69 Å². The molecule has 0 unspecified atom stereocenters. The van der Waals surface area contributed by atoms with Gasteiger partial charge in [0, 0.05) is 12.2 Å². The minimum atomic E-state index is -0.0375. The number of benzene rings is 1. The second kappa shape index (κ2) is 5.39. The van der Waals surface area contributed by atoms with Crippen molar-refractivity contribution >= 4 is 11.6 Å². The second-order valence-corrected chi connectivity index (χ2v) is 3.98. The Hall–Kier alpha value is -2.24. The van der Waals surface area contributed by atoms with Gasteiger partial charge in [-0.05, 0) is 31.5 Å². The maximum absolute atomic E-state index is 12.2. The number of aryl methyl sites for hydroxylation is 1. The van der Waals surface area contributed by atoms with Crippen molar-refractivity contribution in [2.24, 2.45) is 0 Å². The first-order valence-corrected chi connectivity index (χ1v) is 5.80. The molecule has 1 amide bonds. The Kier molecular flexibility index (Phi) is 3.66. The molecule has 0 atom stereocenters. The summed E-state index contributed by atoms with van der Waals surface area (Å²) in [6.07, 6.45) is 0.151. The van der Waals surface area contributed by atoms with E-state index in [2.05, 4.69) is 20.6 Å². The molecule has 0 aliphatic heterocycles. The van der Waals surface area contributed by atoms with Gasteiger partial charge >= 0.3 is 0 Å². The molecule has 1 aromatic heterocycles. The molecule has 6 heteroatoms. The molecular weight excluding hydrogens is 230 g/mol. The standard InChI is InChI=1S/C12H15N5O/c1-3-17(10-6-4-5-9(2)7-10)12(18)8-11-13-15-16-14-11/h4-7H,3,8H2,1-2H3,(H,13,14,15,16). The highest BCUT2D eigenvalue weighted by molar-refractivity contribution is 5.94. The van der Waals surface area contributed by atoms with Crippen LogP contribution in [0.3, 0.4) is 0 Å². The van der Waals surface area contributed by atoms with Crippen molar-refractivity contribution in [3.63, 3.8) is 0 Å². The Bertz CT molecular complexity index is 523. The van der Waals surface area contributed by atoms with Crippen LogP contribution >= 0.6 is 0 Å². The van der Waals surface area contributed by atoms with Gasteiger partial charge in [-0.3, -0.25) is 4.79 Å². The number of aromatic amines is 1. The number of H-pyrrole nitrogens is 1. The number of hydrogen-bond donors (Lipinski definition) is 1. The van der Waals surface area contributed by atoms with Gasteiger partial charge in [-0.25, -0.2) is 0 Å². The van der Waals surface area contributed by atoms with E-state index in [1.807, 2.05) is 38.1 Å². The smallest absolute Gasteiger partial charge is 0.234 e. The molecule has 0 saturated heterocycles. The summed E-state index contributed by atoms with van der Waals surface area (Å²) < 4.78 is 0. The molecule has 0 spiro atoms. The Morgan fingerprint density at radius 1 is 1.44 bits per heavy atom. The summed E-state index contributed by atoms with van der Waals surface area (Å²) in [6, 6.07) is 7.85. The van der Waals surface area contributed by atoms with Crippen molar-refractivity contribution in [3.05, 3.63) is 35.7 Å². The molecule has 1 N–H and O–H groups in total. The highest BCUT2D eigenvalue weighted by Crippen LogP contribution is 2.16. The molecule has 2 rings (SSSR count). The number of likely N-dealkylation sites (N-methyl/N-ethyl adjacent to an activating group) is 1. The predicted molar refractivity (Wildman–Crippen MR) is 67.1 cm³/mol. The Morgan fingerprint density at radius 3 is 2.89 bits per heavy atom. The monoisotopic (exact) mass is 245 g/mol. The number of aromatic nitrogens is 4. The number of rotatable bonds is 4. The first-order chi connectivity index (χ1) is 8.70. The number of carbonyl (C=O) groups excluding carboxylic acids is 1. The van der Waals surface area contributed by atoms with Crippen molar-refractivity contribution in [1.29, 1.82) is 0 Å². The zero-order valence-electron chi connectivity index (χ0n) is 10.4. The van der Waals surface area contributed by atoms with Crippen LogP contribution in [0.1, 0.15) is 18.3 Å². The molecule has 0 bridgehead atoms. The SMILES string of the molecule is CCN(C(=O)Cc1nn[nH]n1)c1cccc(C)c1. The fraction of sp³-hybridized carbons (Fsp3) is 0.333. The lowest BCUT2D eigenvalue weighted by atomic mass is 10.2. The second-order valence-electron chi connectivity index (χ2n) is 3.98. The van der Waals surface area contributed by atoms with Crippen LogP contribution in [-0.4, -0.2) is 33.1 Å². The van der Waals surface area contributed by atoms with E-state index in [4.69, 9.17) is 0 Å². The van der Waals surface area contributed by atoms with E-state index < -0.39 is 0 Å². The van der Waals surface area contributed by atoms with Crippen LogP contribution in [0.2, 0.25) is 0 Å². The number of nitrogens with zero attached hydrogens (tertiary/aromatic N) is 4. The molecule has 0 saturated carbocycles. The van der Waals surface area contributed by atoms with E-state index in [1.165, 1.54) is 0 Å². The van der Waals surface area contributed by atoms with Crippen molar-refractivity contribution in [1.82, 2.24) is 20.6 Å². The van der Waals surface area contributed by atoms with Crippen molar-refractivity contribution in [3.8, 4) is 0 Å². The summed E-state index contributed by atoms with van der Waals surface area (Å²) >= 11 is 0. The third-order valence-electron chi connectivity index (χ3n) is 2.63. The number of amides is 1. The van der Waals surface area contributed by atoms with Gasteiger partial charge in [-0.15, -0.1) is 10.2 Å². The fourth-order valence-corrected chi connectivity index (χ4v) is 1.79. The van der Waals surface area contributed by atoms with Gasteiger partial charge < -0.3 is 4.90 Å². The predicted octanol–water partition coefficient (Wildman–Crippen LogP) is 1.10. The average molecular weight is 245 g/mol. The summed E-state index contributed by atoms with van der Waals surface area (Å²) in [4.78, 5) is 13.9. The largest absolute Gasteiger partial charge is 0.312 e. The molecule has 0 aliphatic rings. The van der Waals surface area contributed by atoms with Gasteiger partial charge in [0.2, 0.25) is 5.91 Å². The summed E-state index contributed by atoms with van der Waals surface area (Å²) in [5.74, 6) is 0.371. The third kappa shape index (κ3) is 2.71. The van der Waals surface area contributed by atoms with Crippen LogP contribution in [-0.2, 0) is 11.2 Å². The Labute approximate surface area is 105 Å². The highest BCUT2D eigenvalue weighted by atomic mass is 16.2. The number of anilines is 1. The van der Waals surface area contributed by atoms with E-state index in [0.29, 0.717) is 12.4 Å². The van der Waals surface area contributed by atoms with E-state index in [9.17, 15) is 4.79 Å². The molecule has 1 heterocycles. The van der Waals surface area contributed by atoms with E-state index in [1.54, 1.807) is 4.90 Å². The minimum absolute atomic E-state index is 0.0375. The van der Waals surface area contributed by atoms with E-state index in [0.717, 1.165) is 11.3 Å². The normalized spacial score (nSPS) is 10.3. The van der Waals surface area contributed by atoms with Crippen LogP contribution < -0.4 is 4.90 Å². The summed E-state index contributed by atoms with van der Waals surface area (Å²) in [6.45, 7) is 4.55. The van der Waals surface area contributed by atoms with Crippen LogP contribution in [0.25, 0.3) is 0 Å². The minimum Gasteiger partial charge on any atom is -0.312 e. The molecule has 0 radical (unpaired) electrons. The van der Waals surface area contributed by atoms with Gasteiger partial charge in [0.15, 0.2) is 5.82 Å². The number of nitrogens with one attached hydrogen (secondary N) is 1. The molecule has 2 aromatic rings. The topological polar surface area (TPSA) is 74.8 Å². The first-order valence-electron chi connectivity index (χ1n) is 5.80. The van der Waals surface area contributed by atoms with E-state index >= 15 is 0 Å². The third-order valence-corrected chi connectivity index (χ3v) is 2.63. The van der Waals surface area contributed by atoms with Crippen molar-refractivity contribution < 1.29 is 4.79 Å². The molecule has 94 valence electrons. The molecule has 0 aliphatic carbocycles. The van der Waals surface area contributed by atoms with Gasteiger partial charge in [0.05, 0.1) is 6.42 Å². The molecule has 1 aromatic carbocycles. The summed E-state index contributed by atoms with van der Waals surface area (Å²) in [5, 5.41) is 13.4. The quantitative estimate of drug-likeness (QED) is 0.875. The van der Waals surface area contributed by atoms with Gasteiger partial charge in [0.1, 0.15) is 0 Å². The van der Waals surface area contributed by atoms with Crippen molar-refractivity contribution in [2.45, 2.75) is 20.3 Å². The van der Waals surface area contributed by atoms with Gasteiger partial charge in [-0.1, -0.05) is 17.3 Å². The average Bonchev–Trinajstić information content (AvgIpc) is 2.83. The van der Waals surface area contributed by atoms with Crippen molar-refractivity contribution in [2.75, 3.05) is 11.4 Å². The van der Waals surface area contributed by atoms with Crippen LogP contribution in [0.5, 0.6) is 0 Å². The van der Waals surface area contributed by atoms with Gasteiger partial charge in [0.25, 0.3) is 0 Å². The molecule has 6 nitrogen and oxygen atoms in total. The van der Waals surface area contributed by atoms with Gasteiger partial charge in [-0.2, -0.15) is 5.21 Å². The number of carbonyl (C=O) groups is 1. The number of tetrazole rings is 1. The fourth-order valence-electron chi connectivity index (χ4n) is 1.79. The maximum Gasteiger partial charge on any atom is 0.234 e. The highest BCUT2D eigenvalue weighted by Gasteiger charge is 2.16. The first kappa shape index (κ1) is 12.2. The molecule has 0 fully saturated rings. The zero-order chi connectivity index (χ0) is 13.0. The zero-order valence-corrected chi connectivity index (χ0v) is 10.4. The lowest BCUT2D eigenvalue weighted by Crippen LogP contribution is -2.32. The van der Waals surface area contributed by atoms with E-state index in [-0.39, 0.29) is 12.3 Å². The van der Waals surface area contributed by atoms with Crippen LogP contribution in [0.15, 0.2) is 24.3 Å². The summed E-state index contributed by atoms with van der Waals surface area (Å²) in [7, 11) is 0.